The number of rotatable bonds is 9. The molecular weight excluding hydrogens is 374 g/mol. The number of benzene rings is 1. The van der Waals surface area contributed by atoms with E-state index in [0.29, 0.717) is 32.5 Å². The maximum Gasteiger partial charge on any atom is 0.276 e. The largest absolute Gasteiger partial charge is 0.379 e. The normalized spacial score (nSPS) is 11.6. The minimum Gasteiger partial charge on any atom is -0.379 e. The third kappa shape index (κ3) is 4.77. The summed E-state index contributed by atoms with van der Waals surface area (Å²) < 4.78 is 8.99. The van der Waals surface area contributed by atoms with Gasteiger partial charge in [-0.05, 0) is 39.7 Å². The fourth-order valence-electron chi connectivity index (χ4n) is 3.16. The van der Waals surface area contributed by atoms with Crippen LogP contribution in [0.3, 0.4) is 0 Å². The number of ether oxygens (including phenoxy) is 1. The van der Waals surface area contributed by atoms with Gasteiger partial charge in [-0.25, -0.2) is 4.68 Å². The standard InChI is InChI=1S/C21H27N3O3S/c1-14(2)27-13-7-11-22-18(25)10-6-12-24-21(26)19-16-8-4-5-9-17(16)28-20(19)15(3)23-24/h4-5,8-9,14H,6-7,10-13H2,1-3H3,(H,22,25). The number of thiophene rings is 1. The lowest BCUT2D eigenvalue weighted by atomic mass is 10.2. The first-order chi connectivity index (χ1) is 13.5. The molecule has 2 aromatic heterocycles. The predicted molar refractivity (Wildman–Crippen MR) is 114 cm³/mol. The van der Waals surface area contributed by atoms with Gasteiger partial charge in [0.15, 0.2) is 0 Å². The van der Waals surface area contributed by atoms with Gasteiger partial charge in [-0.2, -0.15) is 5.10 Å². The summed E-state index contributed by atoms with van der Waals surface area (Å²) in [4.78, 5) is 24.9. The fraction of sp³-hybridized carbons (Fsp3) is 0.476. The summed E-state index contributed by atoms with van der Waals surface area (Å²) in [6, 6.07) is 7.94. The number of aromatic nitrogens is 2. The summed E-state index contributed by atoms with van der Waals surface area (Å²) in [6.45, 7) is 7.60. The van der Waals surface area contributed by atoms with Crippen LogP contribution < -0.4 is 10.9 Å². The number of carbonyl (C=O) groups excluding carboxylic acids is 1. The van der Waals surface area contributed by atoms with E-state index in [1.165, 1.54) is 4.68 Å². The molecule has 0 fully saturated rings. The first kappa shape index (κ1) is 20.5. The lowest BCUT2D eigenvalue weighted by Gasteiger charge is -2.09. The molecule has 7 heteroatoms. The van der Waals surface area contributed by atoms with Crippen LogP contribution in [0.5, 0.6) is 0 Å². The molecule has 0 aliphatic rings. The minimum absolute atomic E-state index is 0.00335. The van der Waals surface area contributed by atoms with Crippen LogP contribution in [0, 0.1) is 6.92 Å². The summed E-state index contributed by atoms with van der Waals surface area (Å²) in [5.41, 5.74) is 0.773. The summed E-state index contributed by atoms with van der Waals surface area (Å²) in [6.07, 6.45) is 1.96. The zero-order valence-corrected chi connectivity index (χ0v) is 17.5. The van der Waals surface area contributed by atoms with Crippen molar-refractivity contribution in [1.29, 1.82) is 0 Å². The molecule has 0 bridgehead atoms. The maximum atomic E-state index is 12.9. The van der Waals surface area contributed by atoms with Crippen LogP contribution in [0.2, 0.25) is 0 Å². The first-order valence-corrected chi connectivity index (χ1v) is 10.6. The second-order valence-corrected chi connectivity index (χ2v) is 8.19. The van der Waals surface area contributed by atoms with Crippen molar-refractivity contribution in [1.82, 2.24) is 15.1 Å². The Labute approximate surface area is 168 Å². The molecule has 1 N–H and O–H groups in total. The fourth-order valence-corrected chi connectivity index (χ4v) is 4.30. The molecule has 0 saturated carbocycles. The second kappa shape index (κ2) is 9.30. The topological polar surface area (TPSA) is 73.2 Å². The monoisotopic (exact) mass is 401 g/mol. The van der Waals surface area contributed by atoms with Crippen molar-refractivity contribution in [2.24, 2.45) is 0 Å². The molecular formula is C21H27N3O3S. The lowest BCUT2D eigenvalue weighted by molar-refractivity contribution is -0.121. The van der Waals surface area contributed by atoms with E-state index in [2.05, 4.69) is 10.4 Å². The van der Waals surface area contributed by atoms with E-state index in [1.54, 1.807) is 11.3 Å². The Kier molecular flexibility index (Phi) is 6.80. The van der Waals surface area contributed by atoms with Gasteiger partial charge in [0.25, 0.3) is 5.56 Å². The Bertz CT molecular complexity index is 1020. The van der Waals surface area contributed by atoms with E-state index in [1.807, 2.05) is 45.0 Å². The van der Waals surface area contributed by atoms with Crippen molar-refractivity contribution >= 4 is 37.4 Å². The van der Waals surface area contributed by atoms with Crippen molar-refractivity contribution in [3.05, 3.63) is 40.3 Å². The number of carbonyl (C=O) groups is 1. The van der Waals surface area contributed by atoms with Gasteiger partial charge in [-0.1, -0.05) is 18.2 Å². The minimum atomic E-state index is -0.0794. The highest BCUT2D eigenvalue weighted by Crippen LogP contribution is 2.32. The molecule has 0 saturated heterocycles. The molecule has 0 unspecified atom stereocenters. The van der Waals surface area contributed by atoms with Gasteiger partial charge >= 0.3 is 0 Å². The molecule has 0 aliphatic carbocycles. The Morgan fingerprint density at radius 3 is 2.86 bits per heavy atom. The van der Waals surface area contributed by atoms with E-state index in [9.17, 15) is 9.59 Å². The van der Waals surface area contributed by atoms with Crippen LogP contribution in [-0.4, -0.2) is 34.9 Å². The molecule has 0 aliphatic heterocycles. The molecule has 1 aromatic carbocycles. The van der Waals surface area contributed by atoms with Gasteiger partial charge in [-0.15, -0.1) is 11.3 Å². The van der Waals surface area contributed by atoms with Crippen molar-refractivity contribution in [2.45, 2.75) is 52.7 Å². The Balaban J connectivity index is 1.59. The molecule has 0 spiro atoms. The third-order valence-electron chi connectivity index (χ3n) is 4.51. The highest BCUT2D eigenvalue weighted by Gasteiger charge is 2.14. The zero-order valence-electron chi connectivity index (χ0n) is 16.7. The van der Waals surface area contributed by atoms with E-state index in [4.69, 9.17) is 4.74 Å². The molecule has 3 rings (SSSR count). The molecule has 3 aromatic rings. The van der Waals surface area contributed by atoms with Crippen molar-refractivity contribution in [3.63, 3.8) is 0 Å². The molecule has 0 atom stereocenters. The lowest BCUT2D eigenvalue weighted by Crippen LogP contribution is -2.27. The van der Waals surface area contributed by atoms with Gasteiger partial charge in [-0.3, -0.25) is 9.59 Å². The van der Waals surface area contributed by atoms with Crippen LogP contribution in [0.4, 0.5) is 0 Å². The van der Waals surface area contributed by atoms with Crippen molar-refractivity contribution in [2.75, 3.05) is 13.2 Å². The van der Waals surface area contributed by atoms with Gasteiger partial charge in [0.05, 0.1) is 21.9 Å². The average Bonchev–Trinajstić information content (AvgIpc) is 3.05. The van der Waals surface area contributed by atoms with E-state index >= 15 is 0 Å². The Morgan fingerprint density at radius 1 is 1.29 bits per heavy atom. The first-order valence-electron chi connectivity index (χ1n) is 9.74. The molecule has 28 heavy (non-hydrogen) atoms. The summed E-state index contributed by atoms with van der Waals surface area (Å²) in [5.74, 6) is -0.00335. The average molecular weight is 402 g/mol. The Hall–Kier alpha value is -2.25. The molecule has 6 nitrogen and oxygen atoms in total. The number of amides is 1. The highest BCUT2D eigenvalue weighted by molar-refractivity contribution is 7.26. The van der Waals surface area contributed by atoms with Crippen LogP contribution in [0.15, 0.2) is 29.1 Å². The number of hydrogen-bond acceptors (Lipinski definition) is 5. The van der Waals surface area contributed by atoms with E-state index < -0.39 is 0 Å². The summed E-state index contributed by atoms with van der Waals surface area (Å²) in [5, 5.41) is 9.07. The zero-order chi connectivity index (χ0) is 20.1. The van der Waals surface area contributed by atoms with Crippen LogP contribution in [0.25, 0.3) is 20.2 Å². The quantitative estimate of drug-likeness (QED) is 0.556. The number of fused-ring (bicyclic) bond motifs is 3. The van der Waals surface area contributed by atoms with Crippen LogP contribution >= 0.6 is 11.3 Å². The smallest absolute Gasteiger partial charge is 0.276 e. The molecule has 150 valence electrons. The highest BCUT2D eigenvalue weighted by atomic mass is 32.1. The second-order valence-electron chi connectivity index (χ2n) is 7.14. The van der Waals surface area contributed by atoms with E-state index in [0.717, 1.165) is 32.3 Å². The van der Waals surface area contributed by atoms with Gasteiger partial charge < -0.3 is 10.1 Å². The van der Waals surface area contributed by atoms with Gasteiger partial charge in [0.1, 0.15) is 0 Å². The Morgan fingerprint density at radius 2 is 2.07 bits per heavy atom. The SMILES string of the molecule is Cc1nn(CCCC(=O)NCCCOC(C)C)c(=O)c2c1sc1ccccc12. The predicted octanol–water partition coefficient (Wildman–Crippen LogP) is 3.63. The number of hydrogen-bond donors (Lipinski definition) is 1. The summed E-state index contributed by atoms with van der Waals surface area (Å²) >= 11 is 1.60. The summed E-state index contributed by atoms with van der Waals surface area (Å²) in [7, 11) is 0. The number of aryl methyl sites for hydroxylation is 2. The van der Waals surface area contributed by atoms with Crippen molar-refractivity contribution < 1.29 is 9.53 Å². The third-order valence-corrected chi connectivity index (χ3v) is 5.79. The maximum absolute atomic E-state index is 12.9. The van der Waals surface area contributed by atoms with Crippen molar-refractivity contribution in [3.8, 4) is 0 Å². The molecule has 0 radical (unpaired) electrons. The van der Waals surface area contributed by atoms with Gasteiger partial charge in [0, 0.05) is 36.2 Å². The number of nitrogens with zero attached hydrogens (tertiary/aromatic N) is 2. The van der Waals surface area contributed by atoms with Crippen LogP contribution in [-0.2, 0) is 16.1 Å². The molecule has 1 amide bonds. The van der Waals surface area contributed by atoms with Gasteiger partial charge in [0.2, 0.25) is 5.91 Å². The van der Waals surface area contributed by atoms with Crippen LogP contribution in [0.1, 0.15) is 38.8 Å². The van der Waals surface area contributed by atoms with E-state index in [-0.39, 0.29) is 17.6 Å². The number of nitrogens with one attached hydrogen (secondary N) is 1. The molecule has 2 heterocycles.